The number of carbonyl (C=O) groups is 1. The Balaban J connectivity index is 1.64. The summed E-state index contributed by atoms with van der Waals surface area (Å²) in [5, 5.41) is 14.1. The standard InChI is InChI=1S/C22H25BrN2O4/c1-25-8-7-21-17-12-3-4-13(26)18(17)29-19(21)22(28-2)6-5-20(21,15(25)9-12)10-14(22)24-16(27)11-23/h3-6,14-15,19,26H,7-11H2,1-2H3,(H,24,27)/t14-,15+,19+,20+,21?,22+/m0/s1. The van der Waals surface area contributed by atoms with Crippen molar-refractivity contribution in [3.63, 3.8) is 0 Å². The predicted molar refractivity (Wildman–Crippen MR) is 111 cm³/mol. The Morgan fingerprint density at radius 1 is 1.45 bits per heavy atom. The Labute approximate surface area is 178 Å². The number of rotatable bonds is 3. The highest BCUT2D eigenvalue weighted by Crippen LogP contribution is 2.73. The van der Waals surface area contributed by atoms with Gasteiger partial charge in [0.05, 0.1) is 16.8 Å². The molecule has 2 spiro atoms. The van der Waals surface area contributed by atoms with Gasteiger partial charge in [0.15, 0.2) is 11.5 Å². The first kappa shape index (κ1) is 18.2. The second-order valence-electron chi connectivity index (χ2n) is 9.26. The molecule has 1 saturated carbocycles. The molecule has 6 nitrogen and oxygen atoms in total. The average molecular weight is 461 g/mol. The van der Waals surface area contributed by atoms with E-state index >= 15 is 0 Å². The largest absolute Gasteiger partial charge is 0.504 e. The van der Waals surface area contributed by atoms with Crippen molar-refractivity contribution in [1.82, 2.24) is 10.2 Å². The van der Waals surface area contributed by atoms with Crippen LogP contribution in [-0.4, -0.2) is 65.7 Å². The van der Waals surface area contributed by atoms with Crippen LogP contribution in [0.5, 0.6) is 11.5 Å². The number of nitrogens with one attached hydrogen (secondary N) is 1. The van der Waals surface area contributed by atoms with E-state index in [0.717, 1.165) is 25.8 Å². The van der Waals surface area contributed by atoms with Crippen molar-refractivity contribution in [2.75, 3.05) is 26.0 Å². The third-order valence-electron chi connectivity index (χ3n) is 8.53. The molecule has 6 atom stereocenters. The summed E-state index contributed by atoms with van der Waals surface area (Å²) < 4.78 is 12.8. The number of likely N-dealkylation sites (N-methyl/N-ethyl adjacent to an activating group) is 1. The third-order valence-corrected chi connectivity index (χ3v) is 9.04. The average Bonchev–Trinajstić information content (AvgIpc) is 3.09. The first-order valence-corrected chi connectivity index (χ1v) is 11.4. The van der Waals surface area contributed by atoms with E-state index in [1.807, 2.05) is 0 Å². The predicted octanol–water partition coefficient (Wildman–Crippen LogP) is 1.88. The maximum atomic E-state index is 12.4. The van der Waals surface area contributed by atoms with Gasteiger partial charge in [-0.25, -0.2) is 0 Å². The lowest BCUT2D eigenvalue weighted by atomic mass is 9.38. The normalized spacial score (nSPS) is 43.1. The minimum Gasteiger partial charge on any atom is -0.504 e. The molecule has 29 heavy (non-hydrogen) atoms. The Bertz CT molecular complexity index is 966. The maximum Gasteiger partial charge on any atom is 0.230 e. The lowest BCUT2D eigenvalue weighted by molar-refractivity contribution is -0.200. The van der Waals surface area contributed by atoms with Gasteiger partial charge in [0.25, 0.3) is 0 Å². The molecule has 7 heteroatoms. The molecule has 0 radical (unpaired) electrons. The van der Waals surface area contributed by atoms with Gasteiger partial charge in [0.2, 0.25) is 5.91 Å². The van der Waals surface area contributed by atoms with Gasteiger partial charge in [0.1, 0.15) is 11.7 Å². The molecule has 2 fully saturated rings. The van der Waals surface area contributed by atoms with Crippen molar-refractivity contribution >= 4 is 21.8 Å². The van der Waals surface area contributed by atoms with Gasteiger partial charge in [0, 0.05) is 24.1 Å². The highest BCUT2D eigenvalue weighted by molar-refractivity contribution is 9.09. The summed E-state index contributed by atoms with van der Waals surface area (Å²) in [5.41, 5.74) is 1.28. The third kappa shape index (κ3) is 1.81. The van der Waals surface area contributed by atoms with E-state index in [2.05, 4.69) is 51.4 Å². The van der Waals surface area contributed by atoms with Gasteiger partial charge in [-0.05, 0) is 44.5 Å². The Kier molecular flexibility index (Phi) is 3.49. The first-order valence-electron chi connectivity index (χ1n) is 10.3. The summed E-state index contributed by atoms with van der Waals surface area (Å²) in [6.45, 7) is 0.979. The SMILES string of the molecule is CO[C@]12C=C[C@@]3(C[C@@H]1NC(=O)CBr)[C@H]1Cc4ccc(O)c5c4C3(CCN1C)[C@H]2O5. The highest BCUT2D eigenvalue weighted by Gasteiger charge is 2.79. The van der Waals surface area contributed by atoms with Crippen LogP contribution < -0.4 is 10.1 Å². The summed E-state index contributed by atoms with van der Waals surface area (Å²) in [5.74, 6) is 0.774. The monoisotopic (exact) mass is 460 g/mol. The molecule has 7 rings (SSSR count). The summed E-state index contributed by atoms with van der Waals surface area (Å²) in [7, 11) is 3.91. The molecule has 1 aromatic rings. The number of methoxy groups -OCH3 is 1. The van der Waals surface area contributed by atoms with Gasteiger partial charge >= 0.3 is 0 Å². The van der Waals surface area contributed by atoms with E-state index in [9.17, 15) is 9.90 Å². The Hall–Kier alpha value is -1.57. The number of phenols is 1. The Morgan fingerprint density at radius 3 is 3.03 bits per heavy atom. The number of likely N-dealkylation sites (tertiary alicyclic amines) is 1. The van der Waals surface area contributed by atoms with Crippen LogP contribution in [-0.2, 0) is 21.4 Å². The molecule has 4 bridgehead atoms. The number of hydrogen-bond donors (Lipinski definition) is 2. The summed E-state index contributed by atoms with van der Waals surface area (Å²) in [4.78, 5) is 14.8. The number of ether oxygens (including phenoxy) is 2. The van der Waals surface area contributed by atoms with Crippen LogP contribution in [0.2, 0.25) is 0 Å². The summed E-state index contributed by atoms with van der Waals surface area (Å²) >= 11 is 3.28. The molecular formula is C22H25BrN2O4. The quantitative estimate of drug-likeness (QED) is 0.532. The van der Waals surface area contributed by atoms with Crippen LogP contribution >= 0.6 is 15.9 Å². The number of benzene rings is 1. The van der Waals surface area contributed by atoms with Crippen LogP contribution in [0.15, 0.2) is 24.3 Å². The number of fused-ring (bicyclic) bond motifs is 1. The fourth-order valence-corrected chi connectivity index (χ4v) is 7.61. The van der Waals surface area contributed by atoms with Crippen LogP contribution in [0.25, 0.3) is 0 Å². The van der Waals surface area contributed by atoms with Crippen LogP contribution in [0.3, 0.4) is 0 Å². The first-order chi connectivity index (χ1) is 13.9. The number of halogens is 1. The van der Waals surface area contributed by atoms with Crippen molar-refractivity contribution in [2.24, 2.45) is 5.41 Å². The number of nitrogens with zero attached hydrogens (tertiary/aromatic N) is 1. The topological polar surface area (TPSA) is 71.0 Å². The molecule has 6 aliphatic rings. The molecule has 1 unspecified atom stereocenters. The molecule has 2 heterocycles. The molecule has 154 valence electrons. The second kappa shape index (κ2) is 5.56. The molecule has 0 aromatic heterocycles. The fraction of sp³-hybridized carbons (Fsp3) is 0.591. The summed E-state index contributed by atoms with van der Waals surface area (Å²) in [6, 6.07) is 3.96. The smallest absolute Gasteiger partial charge is 0.230 e. The number of carbonyl (C=O) groups excluding carboxylic acids is 1. The Morgan fingerprint density at radius 2 is 2.28 bits per heavy atom. The highest BCUT2D eigenvalue weighted by atomic mass is 79.9. The zero-order valence-corrected chi connectivity index (χ0v) is 18.2. The van der Waals surface area contributed by atoms with Crippen molar-refractivity contribution in [3.05, 3.63) is 35.4 Å². The van der Waals surface area contributed by atoms with E-state index < -0.39 is 5.60 Å². The van der Waals surface area contributed by atoms with Gasteiger partial charge in [-0.3, -0.25) is 4.79 Å². The van der Waals surface area contributed by atoms with E-state index in [1.165, 1.54) is 11.1 Å². The molecule has 2 aliphatic heterocycles. The maximum absolute atomic E-state index is 12.4. The molecule has 1 amide bonds. The molecule has 1 aromatic carbocycles. The van der Waals surface area contributed by atoms with E-state index in [1.54, 1.807) is 13.2 Å². The zero-order valence-electron chi connectivity index (χ0n) is 16.6. The van der Waals surface area contributed by atoms with Gasteiger partial charge in [-0.15, -0.1) is 0 Å². The molecule has 2 N–H and O–H groups in total. The van der Waals surface area contributed by atoms with Crippen LogP contribution in [0.1, 0.15) is 24.0 Å². The number of phenolic OH excluding ortho intramolecular Hbond substituents is 1. The molecule has 1 saturated heterocycles. The number of alkyl halides is 1. The number of hydrogen-bond acceptors (Lipinski definition) is 5. The fourth-order valence-electron chi connectivity index (χ4n) is 7.45. The van der Waals surface area contributed by atoms with Crippen molar-refractivity contribution in [1.29, 1.82) is 0 Å². The molecular weight excluding hydrogens is 436 g/mol. The second-order valence-corrected chi connectivity index (χ2v) is 9.82. The lowest BCUT2D eigenvalue weighted by Gasteiger charge is -2.71. The number of aromatic hydroxyl groups is 1. The van der Waals surface area contributed by atoms with E-state index in [-0.39, 0.29) is 40.0 Å². The van der Waals surface area contributed by atoms with E-state index in [4.69, 9.17) is 9.47 Å². The van der Waals surface area contributed by atoms with Crippen LogP contribution in [0.4, 0.5) is 0 Å². The van der Waals surface area contributed by atoms with Gasteiger partial charge in [-0.1, -0.05) is 34.1 Å². The van der Waals surface area contributed by atoms with Gasteiger partial charge in [-0.2, -0.15) is 0 Å². The minimum absolute atomic E-state index is 0.0498. The van der Waals surface area contributed by atoms with Crippen molar-refractivity contribution in [3.8, 4) is 11.5 Å². The van der Waals surface area contributed by atoms with E-state index in [0.29, 0.717) is 11.8 Å². The van der Waals surface area contributed by atoms with Crippen LogP contribution in [0, 0.1) is 5.41 Å². The minimum atomic E-state index is -0.764. The number of amides is 1. The lowest BCUT2D eigenvalue weighted by Crippen LogP contribution is -2.81. The van der Waals surface area contributed by atoms with Crippen molar-refractivity contribution in [2.45, 2.75) is 48.5 Å². The summed E-state index contributed by atoms with van der Waals surface area (Å²) in [6.07, 6.45) is 6.88. The zero-order chi connectivity index (χ0) is 20.2. The molecule has 4 aliphatic carbocycles. The van der Waals surface area contributed by atoms with Crippen molar-refractivity contribution < 1.29 is 19.4 Å². The van der Waals surface area contributed by atoms with Gasteiger partial charge < -0.3 is 24.8 Å². The number of piperidine rings is 1.